The highest BCUT2D eigenvalue weighted by atomic mass is 19.1. The van der Waals surface area contributed by atoms with E-state index in [2.05, 4.69) is 5.32 Å². The van der Waals surface area contributed by atoms with Gasteiger partial charge in [0.15, 0.2) is 0 Å². The molecule has 0 aromatic heterocycles. The Labute approximate surface area is 106 Å². The molecule has 0 heterocycles. The zero-order chi connectivity index (χ0) is 14.0. The molecule has 0 aliphatic rings. The van der Waals surface area contributed by atoms with Gasteiger partial charge in [0.25, 0.3) is 0 Å². The van der Waals surface area contributed by atoms with Crippen LogP contribution < -0.4 is 11.1 Å². The number of nitrogens with one attached hydrogen (secondary N) is 1. The number of benzene rings is 2. The molecule has 0 spiro atoms. The van der Waals surface area contributed by atoms with Crippen molar-refractivity contribution in [2.75, 3.05) is 11.1 Å². The fraction of sp³-hybridized carbons (Fsp3) is 0. The number of nitro groups is 1. The Bertz CT molecular complexity index is 627. The summed E-state index contributed by atoms with van der Waals surface area (Å²) in [4.78, 5) is 10.2. The molecule has 0 unspecified atom stereocenters. The number of nitrogen functional groups attached to an aromatic ring is 1. The van der Waals surface area contributed by atoms with E-state index in [1.807, 2.05) is 0 Å². The number of hydrogen-bond acceptors (Lipinski definition) is 4. The maximum atomic E-state index is 13.0. The molecule has 0 aliphatic heterocycles. The molecule has 0 atom stereocenters. The molecule has 3 N–H and O–H groups in total. The number of hydrogen-bond donors (Lipinski definition) is 2. The standard InChI is InChI=1S/C12H9F2N3O2/c13-7-4-8(14)6-9(5-7)16-11-3-1-2-10(15)12(11)17(18)19/h1-6,16H,15H2. The summed E-state index contributed by atoms with van der Waals surface area (Å²) in [6.07, 6.45) is 0. The van der Waals surface area contributed by atoms with Crippen molar-refractivity contribution in [1.82, 2.24) is 0 Å². The van der Waals surface area contributed by atoms with Gasteiger partial charge in [-0.25, -0.2) is 8.78 Å². The Morgan fingerprint density at radius 1 is 1.16 bits per heavy atom. The second kappa shape index (κ2) is 4.89. The van der Waals surface area contributed by atoms with E-state index >= 15 is 0 Å². The number of nitrogens with two attached hydrogens (primary N) is 1. The molecule has 0 bridgehead atoms. The molecule has 19 heavy (non-hydrogen) atoms. The average molecular weight is 265 g/mol. The second-order valence-electron chi connectivity index (χ2n) is 3.78. The Kier molecular flexibility index (Phi) is 3.28. The number of nitrogens with zero attached hydrogens (tertiary/aromatic N) is 1. The third-order valence-electron chi connectivity index (χ3n) is 2.39. The molecular weight excluding hydrogens is 256 g/mol. The number of nitro benzene ring substituents is 1. The smallest absolute Gasteiger partial charge is 0.315 e. The molecule has 2 aromatic rings. The van der Waals surface area contributed by atoms with Crippen LogP contribution in [0, 0.1) is 21.7 Å². The van der Waals surface area contributed by atoms with Gasteiger partial charge in [0.2, 0.25) is 0 Å². The third-order valence-corrected chi connectivity index (χ3v) is 2.39. The van der Waals surface area contributed by atoms with Crippen LogP contribution in [0.1, 0.15) is 0 Å². The molecule has 0 aliphatic carbocycles. The maximum Gasteiger partial charge on any atom is 0.315 e. The first-order valence-electron chi connectivity index (χ1n) is 5.23. The van der Waals surface area contributed by atoms with Crippen LogP contribution in [0.2, 0.25) is 0 Å². The highest BCUT2D eigenvalue weighted by Gasteiger charge is 2.17. The minimum Gasteiger partial charge on any atom is -0.393 e. The lowest BCUT2D eigenvalue weighted by atomic mass is 10.2. The lowest BCUT2D eigenvalue weighted by Crippen LogP contribution is -2.01. The van der Waals surface area contributed by atoms with Gasteiger partial charge in [-0.15, -0.1) is 0 Å². The zero-order valence-corrected chi connectivity index (χ0v) is 9.56. The van der Waals surface area contributed by atoms with Crippen molar-refractivity contribution in [3.63, 3.8) is 0 Å². The van der Waals surface area contributed by atoms with E-state index in [1.165, 1.54) is 18.2 Å². The maximum absolute atomic E-state index is 13.0. The molecule has 5 nitrogen and oxygen atoms in total. The topological polar surface area (TPSA) is 81.2 Å². The Morgan fingerprint density at radius 3 is 2.37 bits per heavy atom. The number of para-hydroxylation sites is 1. The van der Waals surface area contributed by atoms with E-state index in [4.69, 9.17) is 5.73 Å². The van der Waals surface area contributed by atoms with Gasteiger partial charge in [0, 0.05) is 11.8 Å². The normalized spacial score (nSPS) is 10.2. The summed E-state index contributed by atoms with van der Waals surface area (Å²) in [5, 5.41) is 13.5. The van der Waals surface area contributed by atoms with E-state index in [0.717, 1.165) is 12.1 Å². The lowest BCUT2D eigenvalue weighted by molar-refractivity contribution is -0.383. The van der Waals surface area contributed by atoms with Gasteiger partial charge in [0.05, 0.1) is 4.92 Å². The van der Waals surface area contributed by atoms with Crippen molar-refractivity contribution < 1.29 is 13.7 Å². The minimum absolute atomic E-state index is 0.0353. The molecule has 2 aromatic carbocycles. The van der Waals surface area contributed by atoms with Crippen LogP contribution in [0.4, 0.5) is 31.5 Å². The van der Waals surface area contributed by atoms with Crippen LogP contribution in [0.3, 0.4) is 0 Å². The first-order chi connectivity index (χ1) is 8.97. The second-order valence-corrected chi connectivity index (χ2v) is 3.78. The molecule has 98 valence electrons. The van der Waals surface area contributed by atoms with Crippen LogP contribution in [0.25, 0.3) is 0 Å². The zero-order valence-electron chi connectivity index (χ0n) is 9.56. The van der Waals surface area contributed by atoms with Gasteiger partial charge in [0.1, 0.15) is 23.0 Å². The quantitative estimate of drug-likeness (QED) is 0.507. The first kappa shape index (κ1) is 12.7. The van der Waals surface area contributed by atoms with E-state index in [1.54, 1.807) is 0 Å². The van der Waals surface area contributed by atoms with Gasteiger partial charge in [-0.1, -0.05) is 6.07 Å². The molecule has 0 saturated carbocycles. The van der Waals surface area contributed by atoms with Gasteiger partial charge in [-0.05, 0) is 24.3 Å². The monoisotopic (exact) mass is 265 g/mol. The van der Waals surface area contributed by atoms with E-state index in [-0.39, 0.29) is 22.7 Å². The van der Waals surface area contributed by atoms with Gasteiger partial charge >= 0.3 is 5.69 Å². The third kappa shape index (κ3) is 2.76. The number of halogens is 2. The lowest BCUT2D eigenvalue weighted by Gasteiger charge is -2.08. The Balaban J connectivity index is 2.43. The molecular formula is C12H9F2N3O2. The van der Waals surface area contributed by atoms with Crippen molar-refractivity contribution in [2.24, 2.45) is 0 Å². The number of anilines is 3. The van der Waals surface area contributed by atoms with Crippen molar-refractivity contribution in [1.29, 1.82) is 0 Å². The van der Waals surface area contributed by atoms with Crippen molar-refractivity contribution >= 4 is 22.7 Å². The van der Waals surface area contributed by atoms with Crippen LogP contribution >= 0.6 is 0 Å². The molecule has 0 saturated heterocycles. The summed E-state index contributed by atoms with van der Waals surface area (Å²) in [5.74, 6) is -1.57. The fourth-order valence-corrected chi connectivity index (χ4v) is 1.65. The summed E-state index contributed by atoms with van der Waals surface area (Å²) >= 11 is 0. The summed E-state index contributed by atoms with van der Waals surface area (Å²) in [6, 6.07) is 7.03. The van der Waals surface area contributed by atoms with E-state index in [0.29, 0.717) is 6.07 Å². The Hall–Kier alpha value is -2.70. The van der Waals surface area contributed by atoms with E-state index in [9.17, 15) is 18.9 Å². The average Bonchev–Trinajstić information content (AvgIpc) is 2.26. The molecule has 2 rings (SSSR count). The molecule has 0 radical (unpaired) electrons. The largest absolute Gasteiger partial charge is 0.393 e. The molecule has 7 heteroatoms. The van der Waals surface area contributed by atoms with Gasteiger partial charge < -0.3 is 11.1 Å². The highest BCUT2D eigenvalue weighted by Crippen LogP contribution is 2.32. The predicted molar refractivity (Wildman–Crippen MR) is 67.1 cm³/mol. The SMILES string of the molecule is Nc1cccc(Nc2cc(F)cc(F)c2)c1[N+](=O)[O-]. The minimum atomic E-state index is -0.783. The fourth-order valence-electron chi connectivity index (χ4n) is 1.65. The number of rotatable bonds is 3. The highest BCUT2D eigenvalue weighted by molar-refractivity contribution is 5.78. The van der Waals surface area contributed by atoms with Crippen molar-refractivity contribution in [3.8, 4) is 0 Å². The summed E-state index contributed by atoms with van der Waals surface area (Å²) < 4.78 is 26.1. The van der Waals surface area contributed by atoms with Crippen molar-refractivity contribution in [3.05, 3.63) is 58.1 Å². The predicted octanol–water partition coefficient (Wildman–Crippen LogP) is 3.20. The van der Waals surface area contributed by atoms with Crippen LogP contribution in [-0.4, -0.2) is 4.92 Å². The van der Waals surface area contributed by atoms with Crippen LogP contribution in [0.5, 0.6) is 0 Å². The summed E-state index contributed by atoms with van der Waals surface area (Å²) in [6.45, 7) is 0. The van der Waals surface area contributed by atoms with E-state index < -0.39 is 16.6 Å². The van der Waals surface area contributed by atoms with Crippen molar-refractivity contribution in [2.45, 2.75) is 0 Å². The summed E-state index contributed by atoms with van der Waals surface area (Å²) in [7, 11) is 0. The molecule has 0 fully saturated rings. The molecule has 0 amide bonds. The van der Waals surface area contributed by atoms with Gasteiger partial charge in [-0.3, -0.25) is 10.1 Å². The van der Waals surface area contributed by atoms with Crippen LogP contribution in [0.15, 0.2) is 36.4 Å². The summed E-state index contributed by atoms with van der Waals surface area (Å²) in [5.41, 5.74) is 5.26. The van der Waals surface area contributed by atoms with Crippen LogP contribution in [-0.2, 0) is 0 Å². The Morgan fingerprint density at radius 2 is 1.79 bits per heavy atom. The van der Waals surface area contributed by atoms with Gasteiger partial charge in [-0.2, -0.15) is 0 Å². The first-order valence-corrected chi connectivity index (χ1v) is 5.23.